The summed E-state index contributed by atoms with van der Waals surface area (Å²) in [4.78, 5) is 37.1. The van der Waals surface area contributed by atoms with Crippen molar-refractivity contribution in [1.29, 1.82) is 0 Å². The fourth-order valence-corrected chi connectivity index (χ4v) is 2.50. The number of hydrogen-bond acceptors (Lipinski definition) is 6. The molecule has 0 aliphatic carbocycles. The van der Waals surface area contributed by atoms with Crippen LogP contribution >= 0.6 is 11.3 Å². The van der Waals surface area contributed by atoms with Crippen LogP contribution < -0.4 is 0 Å². The van der Waals surface area contributed by atoms with Crippen LogP contribution in [0.3, 0.4) is 0 Å². The van der Waals surface area contributed by atoms with Crippen LogP contribution in [-0.2, 0) is 4.79 Å². The third-order valence-corrected chi connectivity index (χ3v) is 3.77. The summed E-state index contributed by atoms with van der Waals surface area (Å²) in [5.41, 5.74) is 0. The third-order valence-electron chi connectivity index (χ3n) is 2.79. The number of carbonyl (C=O) groups excluding carboxylic acids is 1. The van der Waals surface area contributed by atoms with Gasteiger partial charge in [-0.15, -0.1) is 11.3 Å². The Morgan fingerprint density at radius 3 is 2.62 bits per heavy atom. The fourth-order valence-electron chi connectivity index (χ4n) is 1.65. The number of carboxylic acid groups (broad SMARTS) is 1. The monoisotopic (exact) mass is 306 g/mol. The van der Waals surface area contributed by atoms with E-state index >= 15 is 0 Å². The zero-order valence-electron chi connectivity index (χ0n) is 11.6. The molecule has 2 aromatic heterocycles. The minimum Gasteiger partial charge on any atom is -0.481 e. The highest BCUT2D eigenvalue weighted by atomic mass is 32.1. The Morgan fingerprint density at radius 2 is 2.00 bits per heavy atom. The van der Waals surface area contributed by atoms with Crippen LogP contribution in [0.5, 0.6) is 0 Å². The molecule has 8 heteroatoms. The van der Waals surface area contributed by atoms with E-state index in [0.717, 1.165) is 0 Å². The Labute approximate surface area is 125 Å². The van der Waals surface area contributed by atoms with E-state index in [1.165, 1.54) is 22.4 Å². The number of thiazole rings is 1. The van der Waals surface area contributed by atoms with E-state index in [2.05, 4.69) is 15.0 Å². The van der Waals surface area contributed by atoms with E-state index in [1.54, 1.807) is 32.4 Å². The highest BCUT2D eigenvalue weighted by Crippen LogP contribution is 2.22. The van der Waals surface area contributed by atoms with Crippen molar-refractivity contribution in [2.75, 3.05) is 13.6 Å². The van der Waals surface area contributed by atoms with Crippen molar-refractivity contribution >= 4 is 23.2 Å². The number of aliphatic carboxylic acids is 1. The molecular formula is C13H14N4O3S. The first-order valence-corrected chi connectivity index (χ1v) is 7.02. The van der Waals surface area contributed by atoms with Crippen LogP contribution in [0.25, 0.3) is 10.8 Å². The second-order valence-corrected chi connectivity index (χ2v) is 5.56. The van der Waals surface area contributed by atoms with Crippen molar-refractivity contribution in [1.82, 2.24) is 19.9 Å². The maximum Gasteiger partial charge on any atom is 0.308 e. The molecule has 0 fully saturated rings. The summed E-state index contributed by atoms with van der Waals surface area (Å²) in [6.45, 7) is 1.70. The lowest BCUT2D eigenvalue weighted by Crippen LogP contribution is -2.33. The summed E-state index contributed by atoms with van der Waals surface area (Å²) in [6, 6.07) is 1.70. The second-order valence-electron chi connectivity index (χ2n) is 4.53. The van der Waals surface area contributed by atoms with E-state index in [1.807, 2.05) is 0 Å². The predicted molar refractivity (Wildman–Crippen MR) is 76.9 cm³/mol. The highest BCUT2D eigenvalue weighted by molar-refractivity contribution is 7.16. The topological polar surface area (TPSA) is 96.3 Å². The Kier molecular flexibility index (Phi) is 4.59. The largest absolute Gasteiger partial charge is 0.481 e. The summed E-state index contributed by atoms with van der Waals surface area (Å²) in [6.07, 6.45) is 4.67. The Balaban J connectivity index is 2.10. The van der Waals surface area contributed by atoms with Gasteiger partial charge in [0.2, 0.25) is 0 Å². The lowest BCUT2D eigenvalue weighted by atomic mass is 10.2. The van der Waals surface area contributed by atoms with E-state index in [-0.39, 0.29) is 12.5 Å². The average molecular weight is 306 g/mol. The maximum atomic E-state index is 12.2. The molecule has 1 atom stereocenters. The van der Waals surface area contributed by atoms with Crippen LogP contribution in [0.2, 0.25) is 0 Å². The molecule has 2 rings (SSSR count). The second kappa shape index (κ2) is 6.40. The summed E-state index contributed by atoms with van der Waals surface area (Å²) in [7, 11) is 1.57. The molecule has 110 valence electrons. The van der Waals surface area contributed by atoms with Gasteiger partial charge in [-0.2, -0.15) is 0 Å². The Hall–Kier alpha value is -2.35. The minimum atomic E-state index is -0.933. The number of rotatable bonds is 5. The number of amides is 1. The number of carboxylic acids is 1. The SMILES string of the molecule is CC(CN(C)C(=O)c1cnc(-c2ncccn2)s1)C(=O)O. The summed E-state index contributed by atoms with van der Waals surface area (Å²) in [5.74, 6) is -1.35. The lowest BCUT2D eigenvalue weighted by molar-refractivity contribution is -0.141. The Morgan fingerprint density at radius 1 is 1.33 bits per heavy atom. The molecule has 21 heavy (non-hydrogen) atoms. The smallest absolute Gasteiger partial charge is 0.308 e. The van der Waals surface area contributed by atoms with Crippen molar-refractivity contribution in [3.05, 3.63) is 29.5 Å². The molecule has 0 saturated carbocycles. The van der Waals surface area contributed by atoms with Crippen molar-refractivity contribution in [3.8, 4) is 10.8 Å². The minimum absolute atomic E-state index is 0.142. The van der Waals surface area contributed by atoms with Gasteiger partial charge in [0.15, 0.2) is 10.8 Å². The molecule has 0 radical (unpaired) electrons. The molecule has 0 bridgehead atoms. The van der Waals surface area contributed by atoms with Gasteiger partial charge < -0.3 is 10.0 Å². The normalized spacial score (nSPS) is 11.9. The van der Waals surface area contributed by atoms with E-state index in [0.29, 0.717) is 15.7 Å². The quantitative estimate of drug-likeness (QED) is 0.896. The van der Waals surface area contributed by atoms with Gasteiger partial charge in [-0.3, -0.25) is 9.59 Å². The molecule has 0 aliphatic rings. The molecule has 0 saturated heterocycles. The van der Waals surface area contributed by atoms with Crippen LogP contribution in [-0.4, -0.2) is 50.4 Å². The molecular weight excluding hydrogens is 292 g/mol. The zero-order valence-corrected chi connectivity index (χ0v) is 12.4. The molecule has 1 amide bonds. The van der Waals surface area contributed by atoms with Gasteiger partial charge in [-0.25, -0.2) is 15.0 Å². The predicted octanol–water partition coefficient (Wildman–Crippen LogP) is 1.39. The average Bonchev–Trinajstić information content (AvgIpc) is 2.96. The van der Waals surface area contributed by atoms with Gasteiger partial charge in [-0.1, -0.05) is 6.92 Å². The van der Waals surface area contributed by atoms with Crippen molar-refractivity contribution in [2.45, 2.75) is 6.92 Å². The Bertz CT molecular complexity index is 644. The summed E-state index contributed by atoms with van der Waals surface area (Å²) in [5, 5.41) is 9.43. The van der Waals surface area contributed by atoms with Crippen LogP contribution in [0.1, 0.15) is 16.6 Å². The zero-order chi connectivity index (χ0) is 15.4. The first-order chi connectivity index (χ1) is 9.99. The van der Waals surface area contributed by atoms with Gasteiger partial charge in [0, 0.05) is 26.0 Å². The fraction of sp³-hybridized carbons (Fsp3) is 0.308. The molecule has 1 N–H and O–H groups in total. The number of hydrogen-bond donors (Lipinski definition) is 1. The van der Waals surface area contributed by atoms with Gasteiger partial charge in [0.1, 0.15) is 4.88 Å². The summed E-state index contributed by atoms with van der Waals surface area (Å²) >= 11 is 1.18. The standard InChI is InChI=1S/C13H14N4O3S/c1-8(13(19)20)7-17(2)12(18)9-6-16-11(21-9)10-14-4-3-5-15-10/h3-6,8H,7H2,1-2H3,(H,19,20). The molecule has 2 heterocycles. The molecule has 1 unspecified atom stereocenters. The molecule has 2 aromatic rings. The van der Waals surface area contributed by atoms with Crippen LogP contribution in [0, 0.1) is 5.92 Å². The van der Waals surface area contributed by atoms with Crippen LogP contribution in [0.4, 0.5) is 0 Å². The summed E-state index contributed by atoms with van der Waals surface area (Å²) < 4.78 is 0. The van der Waals surface area contributed by atoms with E-state index < -0.39 is 11.9 Å². The lowest BCUT2D eigenvalue weighted by Gasteiger charge is -2.18. The third kappa shape index (κ3) is 3.60. The number of carbonyl (C=O) groups is 2. The van der Waals surface area contributed by atoms with E-state index in [9.17, 15) is 9.59 Å². The van der Waals surface area contributed by atoms with Crippen LogP contribution in [0.15, 0.2) is 24.7 Å². The molecule has 0 aliphatic heterocycles. The van der Waals surface area contributed by atoms with Gasteiger partial charge >= 0.3 is 5.97 Å². The maximum absolute atomic E-state index is 12.2. The van der Waals surface area contributed by atoms with Crippen molar-refractivity contribution in [2.24, 2.45) is 5.92 Å². The van der Waals surface area contributed by atoms with Gasteiger partial charge in [0.25, 0.3) is 5.91 Å². The first kappa shape index (κ1) is 15.0. The number of nitrogens with zero attached hydrogens (tertiary/aromatic N) is 4. The molecule has 0 spiro atoms. The van der Waals surface area contributed by atoms with Crippen molar-refractivity contribution in [3.63, 3.8) is 0 Å². The van der Waals surface area contributed by atoms with Gasteiger partial charge in [-0.05, 0) is 6.07 Å². The molecule has 7 nitrogen and oxygen atoms in total. The van der Waals surface area contributed by atoms with Gasteiger partial charge in [0.05, 0.1) is 12.1 Å². The van der Waals surface area contributed by atoms with E-state index in [4.69, 9.17) is 5.11 Å². The molecule has 0 aromatic carbocycles. The number of aromatic nitrogens is 3. The van der Waals surface area contributed by atoms with Crippen molar-refractivity contribution < 1.29 is 14.7 Å². The first-order valence-electron chi connectivity index (χ1n) is 6.20. The highest BCUT2D eigenvalue weighted by Gasteiger charge is 2.20.